The van der Waals surface area contributed by atoms with E-state index in [0.717, 1.165) is 23.6 Å². The largest absolute Gasteiger partial charge is 0.507 e. The number of phenols is 1. The fraction of sp³-hybridized carbons (Fsp3) is 0.312. The van der Waals surface area contributed by atoms with E-state index in [1.807, 2.05) is 24.3 Å². The molecule has 1 unspecified atom stereocenters. The summed E-state index contributed by atoms with van der Waals surface area (Å²) in [7, 11) is 0. The molecule has 3 rings (SSSR count). The number of phenolic OH excluding ortho intramolecular Hbond substituents is 1. The van der Waals surface area contributed by atoms with Crippen LogP contribution in [0.5, 0.6) is 5.75 Å². The predicted octanol–water partition coefficient (Wildman–Crippen LogP) is 3.79. The second-order valence-electron chi connectivity index (χ2n) is 5.36. The van der Waals surface area contributed by atoms with E-state index >= 15 is 0 Å². The van der Waals surface area contributed by atoms with Gasteiger partial charge in [-0.2, -0.15) is 0 Å². The number of aromatic hydroxyl groups is 1. The van der Waals surface area contributed by atoms with Crippen LogP contribution in [0.1, 0.15) is 31.4 Å². The van der Waals surface area contributed by atoms with Gasteiger partial charge in [0.2, 0.25) is 5.91 Å². The molecule has 4 heteroatoms. The normalized spacial score (nSPS) is 16.1. The summed E-state index contributed by atoms with van der Waals surface area (Å²) >= 11 is 6.32. The number of benzene rings is 2. The summed E-state index contributed by atoms with van der Waals surface area (Å²) in [6.07, 6.45) is 2.13. The van der Waals surface area contributed by atoms with Gasteiger partial charge in [-0.1, -0.05) is 35.9 Å². The molecule has 2 aromatic rings. The number of hydrogen-bond donors (Lipinski definition) is 2. The van der Waals surface area contributed by atoms with E-state index in [4.69, 9.17) is 11.6 Å². The SMILES string of the molecule is CC(=O)NC(c1cc(Cl)c2ccccc2c1O)C1CC1. The van der Waals surface area contributed by atoms with Gasteiger partial charge in [0.05, 0.1) is 6.04 Å². The van der Waals surface area contributed by atoms with Gasteiger partial charge in [0.25, 0.3) is 0 Å². The van der Waals surface area contributed by atoms with Gasteiger partial charge in [0, 0.05) is 28.3 Å². The summed E-state index contributed by atoms with van der Waals surface area (Å²) in [6, 6.07) is 9.10. The third-order valence-electron chi connectivity index (χ3n) is 3.78. The lowest BCUT2D eigenvalue weighted by molar-refractivity contribution is -0.119. The predicted molar refractivity (Wildman–Crippen MR) is 79.9 cm³/mol. The Hall–Kier alpha value is -1.74. The Morgan fingerprint density at radius 1 is 1.35 bits per heavy atom. The minimum Gasteiger partial charge on any atom is -0.507 e. The van der Waals surface area contributed by atoms with Crippen LogP contribution in [-0.4, -0.2) is 11.0 Å². The van der Waals surface area contributed by atoms with Crippen LogP contribution in [0.3, 0.4) is 0 Å². The first-order valence-electron chi connectivity index (χ1n) is 6.75. The van der Waals surface area contributed by atoms with E-state index in [1.165, 1.54) is 6.92 Å². The van der Waals surface area contributed by atoms with Crippen LogP contribution < -0.4 is 5.32 Å². The molecule has 0 aliphatic heterocycles. The van der Waals surface area contributed by atoms with Crippen LogP contribution >= 0.6 is 11.6 Å². The second kappa shape index (κ2) is 4.98. The summed E-state index contributed by atoms with van der Waals surface area (Å²) in [5.41, 5.74) is 0.714. The van der Waals surface area contributed by atoms with Crippen molar-refractivity contribution in [2.24, 2.45) is 5.92 Å². The molecular weight excluding hydrogens is 274 g/mol. The average molecular weight is 290 g/mol. The Balaban J connectivity index is 2.14. The summed E-state index contributed by atoms with van der Waals surface area (Å²) in [5, 5.41) is 15.6. The van der Waals surface area contributed by atoms with Crippen molar-refractivity contribution in [3.63, 3.8) is 0 Å². The first-order chi connectivity index (χ1) is 9.58. The lowest BCUT2D eigenvalue weighted by atomic mass is 9.97. The molecular formula is C16H16ClNO2. The van der Waals surface area contributed by atoms with Crippen molar-refractivity contribution in [1.29, 1.82) is 0 Å². The Labute approximate surface area is 122 Å². The van der Waals surface area contributed by atoms with Crippen LogP contribution in [-0.2, 0) is 4.79 Å². The highest BCUT2D eigenvalue weighted by atomic mass is 35.5. The molecule has 1 saturated carbocycles. The summed E-state index contributed by atoms with van der Waals surface area (Å²) in [6.45, 7) is 1.50. The zero-order chi connectivity index (χ0) is 14.3. The molecule has 1 fully saturated rings. The van der Waals surface area contributed by atoms with Gasteiger partial charge in [-0.05, 0) is 24.8 Å². The van der Waals surface area contributed by atoms with Gasteiger partial charge in [0.1, 0.15) is 5.75 Å². The molecule has 0 saturated heterocycles. The van der Waals surface area contributed by atoms with Crippen LogP contribution in [0.15, 0.2) is 30.3 Å². The van der Waals surface area contributed by atoms with E-state index in [-0.39, 0.29) is 17.7 Å². The van der Waals surface area contributed by atoms with Crippen LogP contribution in [0, 0.1) is 5.92 Å². The number of nitrogens with one attached hydrogen (secondary N) is 1. The molecule has 1 aliphatic rings. The lowest BCUT2D eigenvalue weighted by Gasteiger charge is -2.20. The van der Waals surface area contributed by atoms with Crippen LogP contribution in [0.2, 0.25) is 5.02 Å². The van der Waals surface area contributed by atoms with Crippen molar-refractivity contribution in [2.75, 3.05) is 0 Å². The molecule has 104 valence electrons. The highest BCUT2D eigenvalue weighted by molar-refractivity contribution is 6.35. The molecule has 0 bridgehead atoms. The molecule has 0 heterocycles. The molecule has 20 heavy (non-hydrogen) atoms. The van der Waals surface area contributed by atoms with Crippen LogP contribution in [0.4, 0.5) is 0 Å². The fourth-order valence-electron chi connectivity index (χ4n) is 2.67. The number of amides is 1. The molecule has 0 spiro atoms. The van der Waals surface area contributed by atoms with Crippen molar-refractivity contribution in [3.05, 3.63) is 40.9 Å². The number of fused-ring (bicyclic) bond motifs is 1. The minimum atomic E-state index is -0.158. The minimum absolute atomic E-state index is 0.0921. The van der Waals surface area contributed by atoms with Gasteiger partial charge in [-0.3, -0.25) is 4.79 Å². The molecule has 2 aromatic carbocycles. The summed E-state index contributed by atoms with van der Waals surface area (Å²) in [5.74, 6) is 0.517. The number of hydrogen-bond acceptors (Lipinski definition) is 2. The van der Waals surface area contributed by atoms with Crippen molar-refractivity contribution in [3.8, 4) is 5.75 Å². The van der Waals surface area contributed by atoms with Crippen LogP contribution in [0.25, 0.3) is 10.8 Å². The van der Waals surface area contributed by atoms with Crippen molar-refractivity contribution < 1.29 is 9.90 Å². The topological polar surface area (TPSA) is 49.3 Å². The zero-order valence-corrected chi connectivity index (χ0v) is 11.9. The standard InChI is InChI=1S/C16H16ClNO2/c1-9(19)18-15(10-6-7-10)13-8-14(17)11-4-2-3-5-12(11)16(13)20/h2-5,8,10,15,20H,6-7H2,1H3,(H,18,19). The van der Waals surface area contributed by atoms with Gasteiger partial charge in [-0.25, -0.2) is 0 Å². The summed E-state index contributed by atoms with van der Waals surface area (Å²) < 4.78 is 0. The lowest BCUT2D eigenvalue weighted by Crippen LogP contribution is -2.27. The molecule has 2 N–H and O–H groups in total. The van der Waals surface area contributed by atoms with E-state index in [1.54, 1.807) is 6.07 Å². The van der Waals surface area contributed by atoms with Gasteiger partial charge >= 0.3 is 0 Å². The first-order valence-corrected chi connectivity index (χ1v) is 7.13. The molecule has 1 aliphatic carbocycles. The van der Waals surface area contributed by atoms with Gasteiger partial charge < -0.3 is 10.4 Å². The van der Waals surface area contributed by atoms with Crippen molar-refractivity contribution >= 4 is 28.3 Å². The second-order valence-corrected chi connectivity index (χ2v) is 5.76. The number of rotatable bonds is 3. The maximum atomic E-state index is 11.4. The molecule has 1 amide bonds. The molecule has 3 nitrogen and oxygen atoms in total. The first kappa shape index (κ1) is 13.3. The maximum Gasteiger partial charge on any atom is 0.217 e. The number of carbonyl (C=O) groups is 1. The number of carbonyl (C=O) groups excluding carboxylic acids is 1. The highest BCUT2D eigenvalue weighted by Gasteiger charge is 2.35. The molecule has 1 atom stereocenters. The Morgan fingerprint density at radius 3 is 2.60 bits per heavy atom. The Bertz CT molecular complexity index is 679. The quantitative estimate of drug-likeness (QED) is 0.903. The summed E-state index contributed by atoms with van der Waals surface area (Å²) in [4.78, 5) is 11.4. The third kappa shape index (κ3) is 2.34. The average Bonchev–Trinajstić information content (AvgIpc) is 3.25. The highest BCUT2D eigenvalue weighted by Crippen LogP contribution is 2.46. The van der Waals surface area contributed by atoms with Crippen molar-refractivity contribution in [2.45, 2.75) is 25.8 Å². The Morgan fingerprint density at radius 2 is 2.00 bits per heavy atom. The Kier molecular flexibility index (Phi) is 3.30. The maximum absolute atomic E-state index is 11.4. The smallest absolute Gasteiger partial charge is 0.217 e. The zero-order valence-electron chi connectivity index (χ0n) is 11.2. The van der Waals surface area contributed by atoms with E-state index < -0.39 is 0 Å². The fourth-order valence-corrected chi connectivity index (χ4v) is 2.95. The van der Waals surface area contributed by atoms with E-state index in [9.17, 15) is 9.90 Å². The molecule has 0 radical (unpaired) electrons. The van der Waals surface area contributed by atoms with Crippen molar-refractivity contribution in [1.82, 2.24) is 5.32 Å². The van der Waals surface area contributed by atoms with E-state index in [2.05, 4.69) is 5.32 Å². The third-order valence-corrected chi connectivity index (χ3v) is 4.10. The molecule has 0 aromatic heterocycles. The van der Waals surface area contributed by atoms with Gasteiger partial charge in [-0.15, -0.1) is 0 Å². The van der Waals surface area contributed by atoms with E-state index in [0.29, 0.717) is 16.5 Å². The monoisotopic (exact) mass is 289 g/mol. The van der Waals surface area contributed by atoms with Gasteiger partial charge in [0.15, 0.2) is 0 Å². The number of halogens is 1.